The molecule has 0 spiro atoms. The maximum atomic E-state index is 12.2. The second kappa shape index (κ2) is 6.64. The van der Waals surface area contributed by atoms with Crippen molar-refractivity contribution in [3.63, 3.8) is 0 Å². The molecule has 0 radical (unpaired) electrons. The Bertz CT molecular complexity index is 1090. The zero-order valence-corrected chi connectivity index (χ0v) is 13.9. The molecule has 2 aromatic heterocycles. The summed E-state index contributed by atoms with van der Waals surface area (Å²) in [4.78, 5) is 16.5. The second-order valence-corrected chi connectivity index (χ2v) is 5.46. The number of benzene rings is 2. The van der Waals surface area contributed by atoms with E-state index in [1.54, 1.807) is 30.1 Å². The highest BCUT2D eigenvalue weighted by Crippen LogP contribution is 2.22. The van der Waals surface area contributed by atoms with Gasteiger partial charge in [0.2, 0.25) is 11.3 Å². The third kappa shape index (κ3) is 2.98. The van der Waals surface area contributed by atoms with Gasteiger partial charge >= 0.3 is 0 Å². The monoisotopic (exact) mass is 346 g/mol. The quantitative estimate of drug-likeness (QED) is 0.565. The Hall–Kier alpha value is -3.74. The Morgan fingerprint density at radius 2 is 1.77 bits per heavy atom. The van der Waals surface area contributed by atoms with E-state index < -0.39 is 0 Å². The van der Waals surface area contributed by atoms with Gasteiger partial charge in [-0.25, -0.2) is 4.68 Å². The summed E-state index contributed by atoms with van der Waals surface area (Å²) >= 11 is 0. The predicted octanol–water partition coefficient (Wildman–Crippen LogP) is 2.96. The molecule has 0 aliphatic heterocycles. The zero-order valence-electron chi connectivity index (χ0n) is 13.9. The van der Waals surface area contributed by atoms with Gasteiger partial charge < -0.3 is 9.26 Å². The van der Waals surface area contributed by atoms with E-state index in [-0.39, 0.29) is 17.0 Å². The minimum absolute atomic E-state index is 0.0751. The first kappa shape index (κ1) is 15.8. The molecule has 0 fully saturated rings. The van der Waals surface area contributed by atoms with E-state index >= 15 is 0 Å². The summed E-state index contributed by atoms with van der Waals surface area (Å²) in [5.74, 6) is 1.18. The smallest absolute Gasteiger partial charge is 0.282 e. The third-order valence-corrected chi connectivity index (χ3v) is 3.81. The van der Waals surface area contributed by atoms with Crippen molar-refractivity contribution in [2.45, 2.75) is 0 Å². The van der Waals surface area contributed by atoms with E-state index in [4.69, 9.17) is 9.26 Å². The molecule has 7 nitrogen and oxygen atoms in total. The zero-order chi connectivity index (χ0) is 17.9. The van der Waals surface area contributed by atoms with Crippen LogP contribution >= 0.6 is 0 Å². The summed E-state index contributed by atoms with van der Waals surface area (Å²) in [7, 11) is 1.60. The first-order valence-corrected chi connectivity index (χ1v) is 7.88. The van der Waals surface area contributed by atoms with Crippen LogP contribution in [-0.2, 0) is 0 Å². The van der Waals surface area contributed by atoms with Crippen LogP contribution in [0.15, 0.2) is 76.2 Å². The highest BCUT2D eigenvalue weighted by Gasteiger charge is 2.16. The Labute approximate surface area is 148 Å². The van der Waals surface area contributed by atoms with Gasteiger partial charge in [0.05, 0.1) is 12.8 Å². The Kier molecular flexibility index (Phi) is 4.03. The van der Waals surface area contributed by atoms with Crippen LogP contribution in [0.1, 0.15) is 0 Å². The van der Waals surface area contributed by atoms with Crippen molar-refractivity contribution >= 4 is 0 Å². The normalized spacial score (nSPS) is 10.7. The van der Waals surface area contributed by atoms with Crippen molar-refractivity contribution < 1.29 is 9.26 Å². The Balaban J connectivity index is 1.72. The van der Waals surface area contributed by atoms with Crippen LogP contribution in [0.4, 0.5) is 0 Å². The maximum Gasteiger partial charge on any atom is 0.282 e. The van der Waals surface area contributed by atoms with Gasteiger partial charge in [0, 0.05) is 17.8 Å². The van der Waals surface area contributed by atoms with E-state index in [9.17, 15) is 4.79 Å². The highest BCUT2D eigenvalue weighted by molar-refractivity contribution is 5.58. The summed E-state index contributed by atoms with van der Waals surface area (Å²) in [5, 5.41) is 8.28. The number of methoxy groups -OCH3 is 1. The van der Waals surface area contributed by atoms with Crippen LogP contribution in [0.25, 0.3) is 28.7 Å². The van der Waals surface area contributed by atoms with Crippen LogP contribution < -0.4 is 10.2 Å². The molecule has 0 aliphatic carbocycles. The lowest BCUT2D eigenvalue weighted by atomic mass is 10.2. The lowest BCUT2D eigenvalue weighted by Crippen LogP contribution is -2.12. The van der Waals surface area contributed by atoms with E-state index in [0.29, 0.717) is 5.82 Å². The van der Waals surface area contributed by atoms with Crippen molar-refractivity contribution in [1.29, 1.82) is 0 Å². The molecular weight excluding hydrogens is 332 g/mol. The first-order chi connectivity index (χ1) is 12.7. The molecule has 4 rings (SSSR count). The Morgan fingerprint density at radius 3 is 2.50 bits per heavy atom. The van der Waals surface area contributed by atoms with Gasteiger partial charge in [0.1, 0.15) is 5.75 Å². The van der Waals surface area contributed by atoms with Gasteiger partial charge in [-0.05, 0) is 36.4 Å². The van der Waals surface area contributed by atoms with Crippen LogP contribution in [0, 0.1) is 0 Å². The molecule has 0 bridgehead atoms. The molecule has 128 valence electrons. The number of aromatic nitrogens is 4. The van der Waals surface area contributed by atoms with E-state index in [2.05, 4.69) is 15.2 Å². The molecule has 0 N–H and O–H groups in total. The molecular formula is C19H14N4O3. The van der Waals surface area contributed by atoms with E-state index in [0.717, 1.165) is 17.0 Å². The Morgan fingerprint density at radius 1 is 1.00 bits per heavy atom. The average Bonchev–Trinajstić information content (AvgIpc) is 3.19. The number of para-hydroxylation sites is 1. The number of hydrogen-bond acceptors (Lipinski definition) is 6. The summed E-state index contributed by atoms with van der Waals surface area (Å²) in [6.45, 7) is 0. The summed E-state index contributed by atoms with van der Waals surface area (Å²) in [6, 6.07) is 18.1. The molecule has 2 aromatic carbocycles. The van der Waals surface area contributed by atoms with E-state index in [1.807, 2.05) is 42.5 Å². The van der Waals surface area contributed by atoms with E-state index in [1.165, 1.54) is 6.07 Å². The molecule has 0 unspecified atom stereocenters. The molecule has 26 heavy (non-hydrogen) atoms. The van der Waals surface area contributed by atoms with Crippen molar-refractivity contribution in [2.24, 2.45) is 0 Å². The van der Waals surface area contributed by atoms with Crippen LogP contribution in [-0.4, -0.2) is 27.0 Å². The maximum absolute atomic E-state index is 12.2. The van der Waals surface area contributed by atoms with Gasteiger partial charge in [0.25, 0.3) is 5.89 Å². The molecule has 0 amide bonds. The minimum atomic E-state index is -0.290. The number of rotatable bonds is 4. The lowest BCUT2D eigenvalue weighted by Gasteiger charge is -2.04. The van der Waals surface area contributed by atoms with Crippen molar-refractivity contribution in [2.75, 3.05) is 7.11 Å². The molecule has 0 atom stereocenters. The van der Waals surface area contributed by atoms with Gasteiger partial charge in [-0.3, -0.25) is 4.79 Å². The first-order valence-electron chi connectivity index (χ1n) is 7.88. The van der Waals surface area contributed by atoms with Crippen LogP contribution in [0.3, 0.4) is 0 Å². The van der Waals surface area contributed by atoms with Crippen LogP contribution in [0.2, 0.25) is 0 Å². The van der Waals surface area contributed by atoms with Gasteiger partial charge in [0.15, 0.2) is 5.69 Å². The van der Waals surface area contributed by atoms with Crippen molar-refractivity contribution in [1.82, 2.24) is 19.9 Å². The molecule has 0 aliphatic rings. The molecule has 7 heteroatoms. The summed E-state index contributed by atoms with van der Waals surface area (Å²) < 4.78 is 12.0. The molecule has 0 saturated carbocycles. The highest BCUT2D eigenvalue weighted by atomic mass is 16.5. The largest absolute Gasteiger partial charge is 0.497 e. The predicted molar refractivity (Wildman–Crippen MR) is 95.1 cm³/mol. The number of nitrogens with zero attached hydrogens (tertiary/aromatic N) is 4. The summed E-state index contributed by atoms with van der Waals surface area (Å²) in [5.41, 5.74) is 1.38. The number of ether oxygens (including phenoxy) is 1. The van der Waals surface area contributed by atoms with Crippen molar-refractivity contribution in [3.8, 4) is 34.4 Å². The fraction of sp³-hybridized carbons (Fsp3) is 0.0526. The van der Waals surface area contributed by atoms with Gasteiger partial charge in [-0.1, -0.05) is 23.4 Å². The minimum Gasteiger partial charge on any atom is -0.497 e. The molecule has 2 heterocycles. The summed E-state index contributed by atoms with van der Waals surface area (Å²) in [6.07, 6.45) is 1.60. The fourth-order valence-corrected chi connectivity index (χ4v) is 2.46. The third-order valence-electron chi connectivity index (χ3n) is 3.81. The standard InChI is InChI=1S/C19H14N4O3/c1-25-15-9-7-13(8-10-15)18-20-19(26-22-18)17-16(24)11-12-23(21-17)14-5-3-2-4-6-14/h2-12H,1H3. The molecule has 4 aromatic rings. The number of hydrogen-bond donors (Lipinski definition) is 0. The van der Waals surface area contributed by atoms with Gasteiger partial charge in [-0.2, -0.15) is 10.1 Å². The van der Waals surface area contributed by atoms with Crippen molar-refractivity contribution in [3.05, 3.63) is 77.1 Å². The van der Waals surface area contributed by atoms with Gasteiger partial charge in [-0.15, -0.1) is 0 Å². The lowest BCUT2D eigenvalue weighted by molar-refractivity contribution is 0.414. The van der Waals surface area contributed by atoms with Crippen LogP contribution in [0.5, 0.6) is 5.75 Å². The fourth-order valence-electron chi connectivity index (χ4n) is 2.46. The molecule has 0 saturated heterocycles. The topological polar surface area (TPSA) is 83.0 Å². The SMILES string of the molecule is COc1ccc(-c2noc(-c3nn(-c4ccccc4)ccc3=O)n2)cc1. The second-order valence-electron chi connectivity index (χ2n) is 5.46. The average molecular weight is 346 g/mol.